The van der Waals surface area contributed by atoms with E-state index in [2.05, 4.69) is 4.99 Å². The molecular formula is C18H17ClN2O2S. The van der Waals surface area contributed by atoms with Gasteiger partial charge < -0.3 is 9.30 Å². The number of aromatic nitrogens is 1. The van der Waals surface area contributed by atoms with Gasteiger partial charge in [0.05, 0.1) is 23.7 Å². The second kappa shape index (κ2) is 6.79. The summed E-state index contributed by atoms with van der Waals surface area (Å²) in [7, 11) is 3.52. The zero-order chi connectivity index (χ0) is 17.3. The molecule has 0 unspecified atom stereocenters. The monoisotopic (exact) mass is 360 g/mol. The van der Waals surface area contributed by atoms with Gasteiger partial charge in [0.15, 0.2) is 4.80 Å². The Balaban J connectivity index is 1.96. The molecule has 1 aromatic heterocycles. The number of thiazole rings is 1. The molecule has 0 bridgehead atoms. The summed E-state index contributed by atoms with van der Waals surface area (Å²) in [6, 6.07) is 11.3. The van der Waals surface area contributed by atoms with Gasteiger partial charge in [-0.1, -0.05) is 35.1 Å². The summed E-state index contributed by atoms with van der Waals surface area (Å²) in [4.78, 5) is 17.3. The van der Waals surface area contributed by atoms with Gasteiger partial charge in [0.2, 0.25) is 0 Å². The average Bonchev–Trinajstić information content (AvgIpc) is 2.83. The fourth-order valence-corrected chi connectivity index (χ4v) is 4.17. The van der Waals surface area contributed by atoms with Gasteiger partial charge in [-0.2, -0.15) is 4.99 Å². The van der Waals surface area contributed by atoms with Gasteiger partial charge in [-0.05, 0) is 42.3 Å². The zero-order valence-electron chi connectivity index (χ0n) is 13.7. The number of nitrogens with zero attached hydrogens (tertiary/aromatic N) is 2. The van der Waals surface area contributed by atoms with E-state index in [0.29, 0.717) is 9.82 Å². The zero-order valence-corrected chi connectivity index (χ0v) is 15.2. The number of fused-ring (bicyclic) bond motifs is 1. The molecule has 3 rings (SSSR count). The van der Waals surface area contributed by atoms with Crippen LogP contribution in [0.3, 0.4) is 0 Å². The van der Waals surface area contributed by atoms with Crippen LogP contribution in [-0.2, 0) is 18.3 Å². The van der Waals surface area contributed by atoms with E-state index in [1.165, 1.54) is 11.3 Å². The van der Waals surface area contributed by atoms with E-state index in [1.54, 1.807) is 7.11 Å². The van der Waals surface area contributed by atoms with E-state index in [-0.39, 0.29) is 12.3 Å². The van der Waals surface area contributed by atoms with E-state index in [1.807, 2.05) is 54.9 Å². The molecule has 3 aromatic rings. The fourth-order valence-electron chi connectivity index (χ4n) is 2.68. The Bertz CT molecular complexity index is 988. The summed E-state index contributed by atoms with van der Waals surface area (Å²) in [6.07, 6.45) is 0.241. The molecule has 0 saturated carbocycles. The predicted molar refractivity (Wildman–Crippen MR) is 97.8 cm³/mol. The minimum absolute atomic E-state index is 0.186. The maximum absolute atomic E-state index is 12.3. The molecule has 4 nitrogen and oxygen atoms in total. The summed E-state index contributed by atoms with van der Waals surface area (Å²) < 4.78 is 8.14. The first-order valence-corrected chi connectivity index (χ1v) is 8.63. The molecule has 2 aromatic carbocycles. The number of carbonyl (C=O) groups excluding carboxylic acids is 1. The molecular weight excluding hydrogens is 344 g/mol. The predicted octanol–water partition coefficient (Wildman–Crippen LogP) is 3.88. The summed E-state index contributed by atoms with van der Waals surface area (Å²) in [6.45, 7) is 2.00. The van der Waals surface area contributed by atoms with Crippen LogP contribution < -0.4 is 9.54 Å². The Morgan fingerprint density at radius 2 is 2.12 bits per heavy atom. The lowest BCUT2D eigenvalue weighted by Crippen LogP contribution is -2.14. The molecule has 0 spiro atoms. The third kappa shape index (κ3) is 3.37. The average molecular weight is 361 g/mol. The first-order valence-electron chi connectivity index (χ1n) is 7.44. The van der Waals surface area contributed by atoms with Crippen molar-refractivity contribution in [2.75, 3.05) is 7.11 Å². The normalized spacial score (nSPS) is 11.9. The van der Waals surface area contributed by atoms with Gasteiger partial charge in [-0.25, -0.2) is 0 Å². The Morgan fingerprint density at radius 1 is 1.33 bits per heavy atom. The highest BCUT2D eigenvalue weighted by Crippen LogP contribution is 2.25. The molecule has 6 heteroatoms. The first-order chi connectivity index (χ1) is 11.5. The molecule has 0 atom stereocenters. The van der Waals surface area contributed by atoms with Crippen LogP contribution in [0.25, 0.3) is 10.2 Å². The Hall–Kier alpha value is -2.11. The highest BCUT2D eigenvalue weighted by molar-refractivity contribution is 7.16. The molecule has 0 saturated heterocycles. The van der Waals surface area contributed by atoms with Crippen LogP contribution in [0.5, 0.6) is 5.75 Å². The quantitative estimate of drug-likeness (QED) is 0.711. The summed E-state index contributed by atoms with van der Waals surface area (Å²) in [5.74, 6) is 0.548. The molecule has 0 aliphatic heterocycles. The molecule has 0 radical (unpaired) electrons. The van der Waals surface area contributed by atoms with Gasteiger partial charge in [0, 0.05) is 12.1 Å². The van der Waals surface area contributed by atoms with E-state index >= 15 is 0 Å². The maximum atomic E-state index is 12.3. The van der Waals surface area contributed by atoms with E-state index in [0.717, 1.165) is 27.1 Å². The van der Waals surface area contributed by atoms with Crippen LogP contribution in [0.4, 0.5) is 0 Å². The van der Waals surface area contributed by atoms with Gasteiger partial charge in [-0.15, -0.1) is 0 Å². The first kappa shape index (κ1) is 16.7. The van der Waals surface area contributed by atoms with E-state index in [4.69, 9.17) is 16.3 Å². The SMILES string of the molecule is COc1cccc(CC(=O)N=c2sc3cc(Cl)cc(C)c3n2C)c1. The lowest BCUT2D eigenvalue weighted by Gasteiger charge is -2.02. The number of carbonyl (C=O) groups is 1. The van der Waals surface area contributed by atoms with E-state index < -0.39 is 0 Å². The lowest BCUT2D eigenvalue weighted by atomic mass is 10.1. The number of amides is 1. The largest absolute Gasteiger partial charge is 0.497 e. The number of aryl methyl sites for hydroxylation is 2. The Labute approximate surface area is 149 Å². The molecule has 1 heterocycles. The van der Waals surface area contributed by atoms with Crippen molar-refractivity contribution in [3.05, 3.63) is 57.3 Å². The molecule has 0 N–H and O–H groups in total. The summed E-state index contributed by atoms with van der Waals surface area (Å²) >= 11 is 7.58. The van der Waals surface area contributed by atoms with Crippen LogP contribution >= 0.6 is 22.9 Å². The highest BCUT2D eigenvalue weighted by atomic mass is 35.5. The van der Waals surface area contributed by atoms with Crippen LogP contribution in [0.15, 0.2) is 41.4 Å². The minimum Gasteiger partial charge on any atom is -0.497 e. The van der Waals surface area contributed by atoms with E-state index in [9.17, 15) is 4.79 Å². The third-order valence-corrected chi connectivity index (χ3v) is 5.06. The molecule has 0 fully saturated rings. The smallest absolute Gasteiger partial charge is 0.252 e. The Morgan fingerprint density at radius 3 is 2.88 bits per heavy atom. The second-order valence-corrected chi connectivity index (χ2v) is 6.99. The number of hydrogen-bond donors (Lipinski definition) is 0. The van der Waals surface area contributed by atoms with Crippen molar-refractivity contribution < 1.29 is 9.53 Å². The van der Waals surface area contributed by atoms with Gasteiger partial charge in [0.25, 0.3) is 5.91 Å². The van der Waals surface area contributed by atoms with Crippen molar-refractivity contribution in [2.24, 2.45) is 12.0 Å². The standard InChI is InChI=1S/C18H17ClN2O2S/c1-11-7-13(19)10-15-17(11)21(2)18(24-15)20-16(22)9-12-5-4-6-14(8-12)23-3/h4-8,10H,9H2,1-3H3. The summed E-state index contributed by atoms with van der Waals surface area (Å²) in [5, 5.41) is 0.691. The number of benzene rings is 2. The van der Waals surface area contributed by atoms with Crippen LogP contribution in [0.2, 0.25) is 5.02 Å². The number of methoxy groups -OCH3 is 1. The fraction of sp³-hybridized carbons (Fsp3) is 0.222. The topological polar surface area (TPSA) is 43.6 Å². The Kier molecular flexibility index (Phi) is 4.73. The third-order valence-electron chi connectivity index (χ3n) is 3.76. The maximum Gasteiger partial charge on any atom is 0.252 e. The second-order valence-electron chi connectivity index (χ2n) is 5.55. The minimum atomic E-state index is -0.186. The van der Waals surface area contributed by atoms with Crippen molar-refractivity contribution in [2.45, 2.75) is 13.3 Å². The molecule has 1 amide bonds. The van der Waals surface area contributed by atoms with Gasteiger partial charge in [-0.3, -0.25) is 4.79 Å². The van der Waals surface area contributed by atoms with Crippen molar-refractivity contribution in [3.63, 3.8) is 0 Å². The molecule has 124 valence electrons. The van der Waals surface area contributed by atoms with Crippen molar-refractivity contribution >= 4 is 39.1 Å². The molecule has 0 aliphatic carbocycles. The van der Waals surface area contributed by atoms with Crippen molar-refractivity contribution in [3.8, 4) is 5.75 Å². The number of hydrogen-bond acceptors (Lipinski definition) is 3. The lowest BCUT2D eigenvalue weighted by molar-refractivity contribution is -0.117. The number of ether oxygens (including phenoxy) is 1. The van der Waals surface area contributed by atoms with Crippen LogP contribution in [0.1, 0.15) is 11.1 Å². The van der Waals surface area contributed by atoms with Crippen LogP contribution in [-0.4, -0.2) is 17.6 Å². The summed E-state index contributed by atoms with van der Waals surface area (Å²) in [5.41, 5.74) is 3.00. The number of halogens is 1. The van der Waals surface area contributed by atoms with Crippen molar-refractivity contribution in [1.82, 2.24) is 4.57 Å². The van der Waals surface area contributed by atoms with Gasteiger partial charge in [0.1, 0.15) is 5.75 Å². The van der Waals surface area contributed by atoms with Crippen LogP contribution in [0, 0.1) is 6.92 Å². The molecule has 0 aliphatic rings. The highest BCUT2D eigenvalue weighted by Gasteiger charge is 2.09. The number of rotatable bonds is 3. The van der Waals surface area contributed by atoms with Gasteiger partial charge >= 0.3 is 0 Å². The van der Waals surface area contributed by atoms with Crippen molar-refractivity contribution in [1.29, 1.82) is 0 Å². The molecule has 24 heavy (non-hydrogen) atoms.